The number of aromatic amines is 1. The summed E-state index contributed by atoms with van der Waals surface area (Å²) in [4.78, 5) is 26.6. The third kappa shape index (κ3) is 3.05. The minimum atomic E-state index is -0.419. The van der Waals surface area contributed by atoms with E-state index in [4.69, 9.17) is 11.6 Å². The van der Waals surface area contributed by atoms with Crippen LogP contribution < -0.4 is 11.2 Å². The van der Waals surface area contributed by atoms with Gasteiger partial charge in [-0.2, -0.15) is 0 Å². The van der Waals surface area contributed by atoms with Gasteiger partial charge in [-0.15, -0.1) is 0 Å². The molecule has 5 heteroatoms. The molecule has 0 bridgehead atoms. The van der Waals surface area contributed by atoms with Crippen molar-refractivity contribution in [3.05, 3.63) is 31.6 Å². The molecule has 0 saturated carbocycles. The monoisotopic (exact) mass is 272 g/mol. The first-order valence-corrected chi connectivity index (χ1v) is 6.83. The highest BCUT2D eigenvalue weighted by atomic mass is 35.5. The molecule has 0 saturated heterocycles. The van der Waals surface area contributed by atoms with E-state index in [1.807, 2.05) is 13.8 Å². The van der Waals surface area contributed by atoms with Crippen molar-refractivity contribution in [1.82, 2.24) is 9.55 Å². The predicted molar refractivity (Wildman–Crippen MR) is 74.5 cm³/mol. The third-order valence-electron chi connectivity index (χ3n) is 3.41. The molecule has 1 aromatic rings. The largest absolute Gasteiger partial charge is 0.329 e. The standard InChI is InChI=1S/C13H21ClN2O2/c1-5-8(3)7-9(4)16-12(17)10(6-2)11(14)15-13(16)18/h8-9H,5-7H2,1-4H3,(H,15,18). The maximum atomic E-state index is 12.2. The summed E-state index contributed by atoms with van der Waals surface area (Å²) < 4.78 is 1.29. The highest BCUT2D eigenvalue weighted by molar-refractivity contribution is 6.30. The van der Waals surface area contributed by atoms with E-state index in [1.165, 1.54) is 4.57 Å². The minimum Gasteiger partial charge on any atom is -0.297 e. The quantitative estimate of drug-likeness (QED) is 0.838. The Morgan fingerprint density at radius 1 is 1.28 bits per heavy atom. The van der Waals surface area contributed by atoms with Gasteiger partial charge in [-0.1, -0.05) is 38.8 Å². The number of hydrogen-bond donors (Lipinski definition) is 1. The van der Waals surface area contributed by atoms with E-state index < -0.39 is 5.69 Å². The van der Waals surface area contributed by atoms with Crippen molar-refractivity contribution in [2.75, 3.05) is 0 Å². The van der Waals surface area contributed by atoms with Crippen LogP contribution in [0.1, 0.15) is 52.1 Å². The van der Waals surface area contributed by atoms with Crippen molar-refractivity contribution in [3.8, 4) is 0 Å². The Kier molecular flexibility index (Phi) is 5.20. The number of rotatable bonds is 5. The fraction of sp³-hybridized carbons (Fsp3) is 0.692. The molecule has 2 atom stereocenters. The summed E-state index contributed by atoms with van der Waals surface area (Å²) in [6.45, 7) is 7.97. The van der Waals surface area contributed by atoms with Gasteiger partial charge in [-0.3, -0.25) is 14.3 Å². The molecular formula is C13H21ClN2O2. The number of halogens is 1. The molecule has 0 aliphatic carbocycles. The second-order valence-electron chi connectivity index (χ2n) is 4.85. The average Bonchev–Trinajstić information content (AvgIpc) is 2.28. The van der Waals surface area contributed by atoms with E-state index >= 15 is 0 Å². The summed E-state index contributed by atoms with van der Waals surface area (Å²) in [5.41, 5.74) is -0.202. The minimum absolute atomic E-state index is 0.112. The molecule has 18 heavy (non-hydrogen) atoms. The Bertz CT molecular complexity index is 519. The smallest absolute Gasteiger partial charge is 0.297 e. The molecule has 4 nitrogen and oxygen atoms in total. The van der Waals surface area contributed by atoms with Gasteiger partial charge in [-0.25, -0.2) is 4.79 Å². The molecule has 2 unspecified atom stereocenters. The van der Waals surface area contributed by atoms with E-state index in [0.29, 0.717) is 17.9 Å². The van der Waals surface area contributed by atoms with Crippen molar-refractivity contribution < 1.29 is 0 Å². The third-order valence-corrected chi connectivity index (χ3v) is 3.73. The van der Waals surface area contributed by atoms with E-state index in [9.17, 15) is 9.59 Å². The number of nitrogens with zero attached hydrogens (tertiary/aromatic N) is 1. The maximum absolute atomic E-state index is 12.2. The van der Waals surface area contributed by atoms with Crippen molar-refractivity contribution in [3.63, 3.8) is 0 Å². The number of H-pyrrole nitrogens is 1. The summed E-state index contributed by atoms with van der Waals surface area (Å²) in [6.07, 6.45) is 2.36. The van der Waals surface area contributed by atoms with Gasteiger partial charge in [0.05, 0.1) is 5.56 Å². The highest BCUT2D eigenvalue weighted by Gasteiger charge is 2.17. The molecular weight excluding hydrogens is 252 g/mol. The van der Waals surface area contributed by atoms with Gasteiger partial charge < -0.3 is 0 Å². The molecule has 0 amide bonds. The first kappa shape index (κ1) is 15.0. The zero-order valence-electron chi connectivity index (χ0n) is 11.4. The Morgan fingerprint density at radius 3 is 2.39 bits per heavy atom. The first-order chi connectivity index (χ1) is 8.42. The van der Waals surface area contributed by atoms with Gasteiger partial charge in [-0.05, 0) is 25.7 Å². The van der Waals surface area contributed by atoms with Crippen molar-refractivity contribution >= 4 is 11.6 Å². The number of hydrogen-bond acceptors (Lipinski definition) is 2. The lowest BCUT2D eigenvalue weighted by atomic mass is 10.0. The lowest BCUT2D eigenvalue weighted by Gasteiger charge is -2.18. The van der Waals surface area contributed by atoms with E-state index in [-0.39, 0.29) is 16.8 Å². The van der Waals surface area contributed by atoms with E-state index in [0.717, 1.165) is 12.8 Å². The highest BCUT2D eigenvalue weighted by Crippen LogP contribution is 2.17. The summed E-state index contributed by atoms with van der Waals surface area (Å²) in [6, 6.07) is -0.112. The predicted octanol–water partition coefficient (Wildman–Crippen LogP) is 2.75. The van der Waals surface area contributed by atoms with Crippen molar-refractivity contribution in [2.24, 2.45) is 5.92 Å². The van der Waals surface area contributed by atoms with Crippen molar-refractivity contribution in [1.29, 1.82) is 0 Å². The van der Waals surface area contributed by atoms with Crippen LogP contribution in [0.5, 0.6) is 0 Å². The van der Waals surface area contributed by atoms with Crippen molar-refractivity contribution in [2.45, 2.75) is 53.0 Å². The molecule has 1 heterocycles. The topological polar surface area (TPSA) is 54.9 Å². The lowest BCUT2D eigenvalue weighted by molar-refractivity contribution is 0.380. The summed E-state index contributed by atoms with van der Waals surface area (Å²) in [5.74, 6) is 0.479. The molecule has 1 aromatic heterocycles. The zero-order valence-corrected chi connectivity index (χ0v) is 12.2. The first-order valence-electron chi connectivity index (χ1n) is 6.45. The van der Waals surface area contributed by atoms with Crippen LogP contribution in [0.25, 0.3) is 0 Å². The summed E-state index contributed by atoms with van der Waals surface area (Å²) >= 11 is 5.88. The zero-order chi connectivity index (χ0) is 13.9. The summed E-state index contributed by atoms with van der Waals surface area (Å²) in [7, 11) is 0. The fourth-order valence-corrected chi connectivity index (χ4v) is 2.42. The molecule has 1 rings (SSSR count). The van der Waals surface area contributed by atoms with Crippen LogP contribution in [0, 0.1) is 5.92 Å². The van der Waals surface area contributed by atoms with Gasteiger partial charge in [0.2, 0.25) is 0 Å². The Labute approximate surface area is 112 Å². The van der Waals surface area contributed by atoms with Crippen LogP contribution in [0.2, 0.25) is 5.15 Å². The lowest BCUT2D eigenvalue weighted by Crippen LogP contribution is -2.39. The van der Waals surface area contributed by atoms with Crippen LogP contribution in [0.4, 0.5) is 0 Å². The second-order valence-corrected chi connectivity index (χ2v) is 5.23. The number of aromatic nitrogens is 2. The molecule has 0 spiro atoms. The molecule has 0 aliphatic heterocycles. The van der Waals surface area contributed by atoms with Crippen LogP contribution in [0.3, 0.4) is 0 Å². The van der Waals surface area contributed by atoms with Gasteiger partial charge in [0.25, 0.3) is 5.56 Å². The number of nitrogens with one attached hydrogen (secondary N) is 1. The molecule has 0 aromatic carbocycles. The van der Waals surface area contributed by atoms with Gasteiger partial charge in [0.1, 0.15) is 5.15 Å². The summed E-state index contributed by atoms with van der Waals surface area (Å²) in [5, 5.41) is 0.166. The van der Waals surface area contributed by atoms with Crippen LogP contribution >= 0.6 is 11.6 Å². The Hall–Kier alpha value is -1.03. The Balaban J connectivity index is 3.24. The second kappa shape index (κ2) is 6.23. The molecule has 0 fully saturated rings. The van der Waals surface area contributed by atoms with Gasteiger partial charge in [0, 0.05) is 6.04 Å². The average molecular weight is 273 g/mol. The fourth-order valence-electron chi connectivity index (χ4n) is 2.12. The van der Waals surface area contributed by atoms with E-state index in [2.05, 4.69) is 18.8 Å². The van der Waals surface area contributed by atoms with Gasteiger partial charge >= 0.3 is 5.69 Å². The van der Waals surface area contributed by atoms with Gasteiger partial charge in [0.15, 0.2) is 0 Å². The van der Waals surface area contributed by atoms with E-state index in [1.54, 1.807) is 0 Å². The normalized spacial score (nSPS) is 14.5. The molecule has 1 N–H and O–H groups in total. The SMILES string of the molecule is CCc1c(Cl)[nH]c(=O)n(C(C)CC(C)CC)c1=O. The Morgan fingerprint density at radius 2 is 1.89 bits per heavy atom. The van der Waals surface area contributed by atoms with Crippen LogP contribution in [-0.4, -0.2) is 9.55 Å². The van der Waals surface area contributed by atoms with Crippen LogP contribution in [-0.2, 0) is 6.42 Å². The molecule has 0 radical (unpaired) electrons. The maximum Gasteiger partial charge on any atom is 0.329 e. The van der Waals surface area contributed by atoms with Crippen LogP contribution in [0.15, 0.2) is 9.59 Å². The molecule has 102 valence electrons. The molecule has 0 aliphatic rings.